The standard InChI is InChI=1S/C14H17ClFIN4/c1-20(2)5-6-21-14(11(15)8-19-21)13(18)10-4-3-9(16)7-12(10)17/h3-4,7-8,13H,5-6,18H2,1-2H3. The van der Waals surface area contributed by atoms with Crippen molar-refractivity contribution in [2.45, 2.75) is 12.6 Å². The Morgan fingerprint density at radius 2 is 2.19 bits per heavy atom. The summed E-state index contributed by atoms with van der Waals surface area (Å²) in [5, 5.41) is 4.81. The summed E-state index contributed by atoms with van der Waals surface area (Å²) in [6.45, 7) is 1.53. The van der Waals surface area contributed by atoms with Crippen LogP contribution in [0.5, 0.6) is 0 Å². The van der Waals surface area contributed by atoms with Gasteiger partial charge in [0.15, 0.2) is 0 Å². The summed E-state index contributed by atoms with van der Waals surface area (Å²) >= 11 is 8.32. The molecule has 0 saturated heterocycles. The Morgan fingerprint density at radius 3 is 2.81 bits per heavy atom. The minimum Gasteiger partial charge on any atom is -0.319 e. The quantitative estimate of drug-likeness (QED) is 0.754. The fourth-order valence-corrected chi connectivity index (χ4v) is 3.13. The van der Waals surface area contributed by atoms with Crippen LogP contribution in [0.2, 0.25) is 5.02 Å². The van der Waals surface area contributed by atoms with Crippen LogP contribution in [-0.2, 0) is 6.54 Å². The Hall–Kier alpha value is -0.700. The molecule has 0 saturated carbocycles. The molecule has 0 radical (unpaired) electrons. The topological polar surface area (TPSA) is 47.1 Å². The average Bonchev–Trinajstić information content (AvgIpc) is 2.77. The lowest BCUT2D eigenvalue weighted by atomic mass is 10.0. The fourth-order valence-electron chi connectivity index (χ4n) is 2.06. The smallest absolute Gasteiger partial charge is 0.124 e. The number of benzene rings is 1. The summed E-state index contributed by atoms with van der Waals surface area (Å²) in [5.41, 5.74) is 7.92. The molecule has 0 amide bonds. The van der Waals surface area contributed by atoms with Crippen LogP contribution in [0.25, 0.3) is 0 Å². The van der Waals surface area contributed by atoms with E-state index in [9.17, 15) is 4.39 Å². The molecule has 7 heteroatoms. The molecule has 2 aromatic rings. The van der Waals surface area contributed by atoms with E-state index in [1.54, 1.807) is 12.3 Å². The van der Waals surface area contributed by atoms with Crippen molar-refractivity contribution >= 4 is 34.2 Å². The van der Waals surface area contributed by atoms with E-state index in [0.29, 0.717) is 11.6 Å². The monoisotopic (exact) mass is 422 g/mol. The van der Waals surface area contributed by atoms with E-state index >= 15 is 0 Å². The SMILES string of the molecule is CN(C)CCn1ncc(Cl)c1C(N)c1ccc(F)cc1I. The maximum Gasteiger partial charge on any atom is 0.124 e. The van der Waals surface area contributed by atoms with Crippen LogP contribution < -0.4 is 5.73 Å². The zero-order valence-electron chi connectivity index (χ0n) is 11.9. The van der Waals surface area contributed by atoms with Crippen molar-refractivity contribution in [3.63, 3.8) is 0 Å². The van der Waals surface area contributed by atoms with Crippen molar-refractivity contribution < 1.29 is 4.39 Å². The number of halogens is 3. The van der Waals surface area contributed by atoms with Gasteiger partial charge in [0.2, 0.25) is 0 Å². The molecule has 2 N–H and O–H groups in total. The van der Waals surface area contributed by atoms with Crippen LogP contribution in [0.3, 0.4) is 0 Å². The summed E-state index contributed by atoms with van der Waals surface area (Å²) < 4.78 is 15.8. The van der Waals surface area contributed by atoms with E-state index in [1.165, 1.54) is 12.1 Å². The number of hydrogen-bond acceptors (Lipinski definition) is 3. The number of aromatic nitrogens is 2. The molecule has 4 nitrogen and oxygen atoms in total. The molecule has 0 aliphatic carbocycles. The molecule has 0 fully saturated rings. The average molecular weight is 423 g/mol. The first kappa shape index (κ1) is 16.7. The van der Waals surface area contributed by atoms with E-state index in [-0.39, 0.29) is 5.82 Å². The maximum atomic E-state index is 13.2. The number of rotatable bonds is 5. The van der Waals surface area contributed by atoms with Gasteiger partial charge in [0.25, 0.3) is 0 Å². The first-order valence-corrected chi connectivity index (χ1v) is 7.92. The Bertz CT molecular complexity index is 629. The van der Waals surface area contributed by atoms with Crippen LogP contribution in [0.1, 0.15) is 17.3 Å². The van der Waals surface area contributed by atoms with Crippen LogP contribution in [-0.4, -0.2) is 35.3 Å². The number of nitrogens with two attached hydrogens (primary N) is 1. The molecule has 0 aliphatic heterocycles. The van der Waals surface area contributed by atoms with Crippen LogP contribution in [0, 0.1) is 9.39 Å². The lowest BCUT2D eigenvalue weighted by molar-refractivity contribution is 0.368. The molecule has 0 spiro atoms. The summed E-state index contributed by atoms with van der Waals surface area (Å²) in [5.74, 6) is -0.275. The van der Waals surface area contributed by atoms with E-state index in [2.05, 4.69) is 32.6 Å². The molecule has 1 aromatic heterocycles. The van der Waals surface area contributed by atoms with Gasteiger partial charge in [-0.2, -0.15) is 5.10 Å². The highest BCUT2D eigenvalue weighted by Crippen LogP contribution is 2.29. The molecule has 21 heavy (non-hydrogen) atoms. The summed E-state index contributed by atoms with van der Waals surface area (Å²) in [7, 11) is 3.99. The van der Waals surface area contributed by atoms with Crippen molar-refractivity contribution in [2.75, 3.05) is 20.6 Å². The molecular weight excluding hydrogens is 406 g/mol. The van der Waals surface area contributed by atoms with E-state index in [4.69, 9.17) is 17.3 Å². The van der Waals surface area contributed by atoms with Crippen LogP contribution in [0.15, 0.2) is 24.4 Å². The van der Waals surface area contributed by atoms with Gasteiger partial charge in [-0.3, -0.25) is 4.68 Å². The number of hydrogen-bond donors (Lipinski definition) is 1. The van der Waals surface area contributed by atoms with E-state index in [1.807, 2.05) is 18.8 Å². The molecule has 1 aromatic carbocycles. The molecule has 0 aliphatic rings. The van der Waals surface area contributed by atoms with Crippen LogP contribution in [0.4, 0.5) is 4.39 Å². The first-order valence-electron chi connectivity index (χ1n) is 6.46. The molecular formula is C14H17ClFIN4. The second kappa shape index (κ2) is 7.04. The molecule has 1 atom stereocenters. The summed E-state index contributed by atoms with van der Waals surface area (Å²) in [6, 6.07) is 4.13. The molecule has 1 unspecified atom stereocenters. The predicted molar refractivity (Wildman–Crippen MR) is 90.9 cm³/mol. The van der Waals surface area contributed by atoms with Crippen LogP contribution >= 0.6 is 34.2 Å². The third-order valence-corrected chi connectivity index (χ3v) is 4.41. The Kier molecular flexibility index (Phi) is 5.59. The third kappa shape index (κ3) is 3.94. The van der Waals surface area contributed by atoms with Gasteiger partial charge in [0.1, 0.15) is 5.82 Å². The van der Waals surface area contributed by atoms with Gasteiger partial charge in [0.05, 0.1) is 29.5 Å². The number of likely N-dealkylation sites (N-methyl/N-ethyl adjacent to an activating group) is 1. The van der Waals surface area contributed by atoms with Gasteiger partial charge in [-0.25, -0.2) is 4.39 Å². The van der Waals surface area contributed by atoms with Crippen molar-refractivity contribution in [3.8, 4) is 0 Å². The van der Waals surface area contributed by atoms with Crippen molar-refractivity contribution in [1.82, 2.24) is 14.7 Å². The largest absolute Gasteiger partial charge is 0.319 e. The van der Waals surface area contributed by atoms with Gasteiger partial charge >= 0.3 is 0 Å². The fraction of sp³-hybridized carbons (Fsp3) is 0.357. The Morgan fingerprint density at radius 1 is 1.48 bits per heavy atom. The first-order chi connectivity index (χ1) is 9.90. The highest BCUT2D eigenvalue weighted by Gasteiger charge is 2.20. The highest BCUT2D eigenvalue weighted by molar-refractivity contribution is 14.1. The Labute approximate surface area is 142 Å². The van der Waals surface area contributed by atoms with Crippen molar-refractivity contribution in [2.24, 2.45) is 5.73 Å². The Balaban J connectivity index is 2.34. The zero-order chi connectivity index (χ0) is 15.6. The van der Waals surface area contributed by atoms with Gasteiger partial charge in [0, 0.05) is 10.1 Å². The lowest BCUT2D eigenvalue weighted by Gasteiger charge is -2.18. The van der Waals surface area contributed by atoms with Crippen molar-refractivity contribution in [1.29, 1.82) is 0 Å². The van der Waals surface area contributed by atoms with E-state index < -0.39 is 6.04 Å². The second-order valence-electron chi connectivity index (χ2n) is 5.05. The minimum atomic E-state index is -0.435. The maximum absolute atomic E-state index is 13.2. The van der Waals surface area contributed by atoms with Gasteiger partial charge in [-0.05, 0) is 54.4 Å². The lowest BCUT2D eigenvalue weighted by Crippen LogP contribution is -2.24. The highest BCUT2D eigenvalue weighted by atomic mass is 127. The molecule has 1 heterocycles. The molecule has 0 bridgehead atoms. The van der Waals surface area contributed by atoms with E-state index in [0.717, 1.165) is 21.4 Å². The molecule has 2 rings (SSSR count). The predicted octanol–water partition coefficient (Wildman–Crippen LogP) is 2.89. The number of nitrogens with zero attached hydrogens (tertiary/aromatic N) is 3. The zero-order valence-corrected chi connectivity index (χ0v) is 14.8. The summed E-state index contributed by atoms with van der Waals surface area (Å²) in [6.07, 6.45) is 1.60. The molecule has 114 valence electrons. The normalized spacial score (nSPS) is 12.9. The van der Waals surface area contributed by atoms with Gasteiger partial charge in [-0.1, -0.05) is 17.7 Å². The van der Waals surface area contributed by atoms with Gasteiger partial charge < -0.3 is 10.6 Å². The minimum absolute atomic E-state index is 0.275. The van der Waals surface area contributed by atoms with Crippen molar-refractivity contribution in [3.05, 3.63) is 50.1 Å². The third-order valence-electron chi connectivity index (χ3n) is 3.18. The summed E-state index contributed by atoms with van der Waals surface area (Å²) in [4.78, 5) is 2.06. The van der Waals surface area contributed by atoms with Gasteiger partial charge in [-0.15, -0.1) is 0 Å². The second-order valence-corrected chi connectivity index (χ2v) is 6.62.